The maximum absolute atomic E-state index is 13.0. The van der Waals surface area contributed by atoms with Crippen LogP contribution < -0.4 is 4.72 Å². The second kappa shape index (κ2) is 6.55. The number of benzene rings is 1. The van der Waals surface area contributed by atoms with Crippen molar-refractivity contribution in [2.75, 3.05) is 0 Å². The van der Waals surface area contributed by atoms with Gasteiger partial charge in [-0.15, -0.1) is 0 Å². The molecule has 24 heavy (non-hydrogen) atoms. The van der Waals surface area contributed by atoms with Crippen molar-refractivity contribution >= 4 is 10.0 Å². The molecule has 1 fully saturated rings. The van der Waals surface area contributed by atoms with E-state index in [1.54, 1.807) is 0 Å². The topological polar surface area (TPSA) is 46.2 Å². The molecule has 0 spiro atoms. The molecule has 0 aromatic heterocycles. The van der Waals surface area contributed by atoms with Crippen LogP contribution in [0.25, 0.3) is 0 Å². The average Bonchev–Trinajstić information content (AvgIpc) is 2.45. The fourth-order valence-corrected chi connectivity index (χ4v) is 4.07. The lowest BCUT2D eigenvalue weighted by Gasteiger charge is -2.33. The van der Waals surface area contributed by atoms with Gasteiger partial charge < -0.3 is 0 Å². The summed E-state index contributed by atoms with van der Waals surface area (Å²) in [7, 11) is -4.33. The van der Waals surface area contributed by atoms with Gasteiger partial charge in [-0.3, -0.25) is 0 Å². The van der Waals surface area contributed by atoms with Crippen molar-refractivity contribution in [1.29, 1.82) is 0 Å². The Labute approximate surface area is 135 Å². The van der Waals surface area contributed by atoms with Gasteiger partial charge in [0.2, 0.25) is 10.0 Å². The predicted molar refractivity (Wildman–Crippen MR) is 73.6 cm³/mol. The molecule has 0 heterocycles. The van der Waals surface area contributed by atoms with Gasteiger partial charge in [0.1, 0.15) is 0 Å². The quantitative estimate of drug-likeness (QED) is 0.809. The van der Waals surface area contributed by atoms with E-state index in [-0.39, 0.29) is 12.8 Å². The van der Waals surface area contributed by atoms with Gasteiger partial charge in [0.05, 0.1) is 16.4 Å². The Morgan fingerprint density at radius 2 is 1.46 bits per heavy atom. The van der Waals surface area contributed by atoms with E-state index >= 15 is 0 Å². The molecular formula is C14H15F6NO2S. The second-order valence-corrected chi connectivity index (χ2v) is 7.40. The van der Waals surface area contributed by atoms with Crippen LogP contribution in [0.2, 0.25) is 0 Å². The van der Waals surface area contributed by atoms with Crippen molar-refractivity contribution in [1.82, 2.24) is 4.72 Å². The van der Waals surface area contributed by atoms with Crippen LogP contribution >= 0.6 is 0 Å². The first-order valence-corrected chi connectivity index (χ1v) is 8.66. The summed E-state index contributed by atoms with van der Waals surface area (Å²) in [5.74, 6) is -1.80. The SMILES string of the molecule is O=S(=O)(NC1CCCCC1C(F)(F)F)c1ccc(C(F)(F)F)cc1. The number of nitrogens with one attached hydrogen (secondary N) is 1. The van der Waals surface area contributed by atoms with Gasteiger partial charge in [0, 0.05) is 6.04 Å². The van der Waals surface area contributed by atoms with Gasteiger partial charge in [-0.25, -0.2) is 13.1 Å². The third kappa shape index (κ3) is 4.41. The molecular weight excluding hydrogens is 360 g/mol. The van der Waals surface area contributed by atoms with Crippen molar-refractivity contribution in [2.24, 2.45) is 5.92 Å². The van der Waals surface area contributed by atoms with Crippen LogP contribution in [0.4, 0.5) is 26.3 Å². The fourth-order valence-electron chi connectivity index (χ4n) is 2.75. The van der Waals surface area contributed by atoms with Crippen molar-refractivity contribution in [3.8, 4) is 0 Å². The zero-order valence-electron chi connectivity index (χ0n) is 12.3. The van der Waals surface area contributed by atoms with Crippen LogP contribution in [-0.4, -0.2) is 20.6 Å². The fraction of sp³-hybridized carbons (Fsp3) is 0.571. The largest absolute Gasteiger partial charge is 0.416 e. The Balaban J connectivity index is 2.21. The molecule has 0 radical (unpaired) electrons. The first-order valence-electron chi connectivity index (χ1n) is 7.17. The maximum Gasteiger partial charge on any atom is 0.416 e. The average molecular weight is 375 g/mol. The van der Waals surface area contributed by atoms with Gasteiger partial charge in [-0.2, -0.15) is 26.3 Å². The molecule has 1 aromatic rings. The zero-order valence-corrected chi connectivity index (χ0v) is 13.1. The van der Waals surface area contributed by atoms with E-state index in [0.29, 0.717) is 25.0 Å². The molecule has 1 N–H and O–H groups in total. The minimum atomic E-state index is -4.62. The first-order chi connectivity index (χ1) is 10.9. The summed E-state index contributed by atoms with van der Waals surface area (Å²) in [5, 5.41) is 0. The van der Waals surface area contributed by atoms with Crippen LogP contribution in [0.5, 0.6) is 0 Å². The Hall–Kier alpha value is -1.29. The molecule has 3 nitrogen and oxygen atoms in total. The van der Waals surface area contributed by atoms with E-state index in [0.717, 1.165) is 12.1 Å². The third-order valence-corrected chi connectivity index (χ3v) is 5.49. The summed E-state index contributed by atoms with van der Waals surface area (Å²) in [6.45, 7) is 0. The first kappa shape index (κ1) is 19.0. The number of alkyl halides is 6. The Morgan fingerprint density at radius 1 is 0.917 bits per heavy atom. The highest BCUT2D eigenvalue weighted by Crippen LogP contribution is 2.38. The van der Waals surface area contributed by atoms with Crippen molar-refractivity contribution in [3.63, 3.8) is 0 Å². The molecule has 2 unspecified atom stereocenters. The lowest BCUT2D eigenvalue weighted by Crippen LogP contribution is -2.47. The standard InChI is InChI=1S/C14H15F6NO2S/c15-13(16,17)9-5-7-10(8-6-9)24(22,23)21-12-4-2-1-3-11(12)14(18,19)20/h5-8,11-12,21H,1-4H2. The van der Waals surface area contributed by atoms with E-state index in [9.17, 15) is 34.8 Å². The lowest BCUT2D eigenvalue weighted by molar-refractivity contribution is -0.187. The number of hydrogen-bond donors (Lipinski definition) is 1. The molecule has 1 aliphatic rings. The van der Waals surface area contributed by atoms with E-state index in [1.165, 1.54) is 0 Å². The summed E-state index contributed by atoms with van der Waals surface area (Å²) in [6.07, 6.45) is -8.50. The van der Waals surface area contributed by atoms with E-state index < -0.39 is 44.8 Å². The third-order valence-electron chi connectivity index (χ3n) is 3.98. The molecule has 1 aliphatic carbocycles. The highest BCUT2D eigenvalue weighted by atomic mass is 32.2. The number of halogens is 6. The minimum absolute atomic E-state index is 0.0318. The molecule has 0 aliphatic heterocycles. The molecule has 0 saturated heterocycles. The van der Waals surface area contributed by atoms with Gasteiger partial charge in [-0.1, -0.05) is 12.8 Å². The van der Waals surface area contributed by atoms with Crippen LogP contribution in [0.1, 0.15) is 31.2 Å². The van der Waals surface area contributed by atoms with Crippen molar-refractivity contribution in [3.05, 3.63) is 29.8 Å². The monoisotopic (exact) mass is 375 g/mol. The van der Waals surface area contributed by atoms with E-state index in [2.05, 4.69) is 0 Å². The second-order valence-electron chi connectivity index (χ2n) is 5.68. The predicted octanol–water partition coefficient (Wildman–Crippen LogP) is 4.10. The van der Waals surface area contributed by atoms with Crippen LogP contribution in [0.15, 0.2) is 29.2 Å². The van der Waals surface area contributed by atoms with E-state index in [4.69, 9.17) is 0 Å². The van der Waals surface area contributed by atoms with Gasteiger partial charge >= 0.3 is 12.4 Å². The lowest BCUT2D eigenvalue weighted by atomic mass is 9.85. The molecule has 2 atom stereocenters. The summed E-state index contributed by atoms with van der Waals surface area (Å²) >= 11 is 0. The summed E-state index contributed by atoms with van der Waals surface area (Å²) in [5.41, 5.74) is -1.03. The Kier molecular flexibility index (Phi) is 5.19. The van der Waals surface area contributed by atoms with Crippen LogP contribution in [0.3, 0.4) is 0 Å². The normalized spacial score (nSPS) is 23.2. The number of sulfonamides is 1. The number of hydrogen-bond acceptors (Lipinski definition) is 2. The molecule has 10 heteroatoms. The highest BCUT2D eigenvalue weighted by Gasteiger charge is 2.46. The Morgan fingerprint density at radius 3 is 1.96 bits per heavy atom. The van der Waals surface area contributed by atoms with Crippen molar-refractivity contribution in [2.45, 2.75) is 49.0 Å². The van der Waals surface area contributed by atoms with Crippen molar-refractivity contribution < 1.29 is 34.8 Å². The minimum Gasteiger partial charge on any atom is -0.207 e. The molecule has 2 rings (SSSR count). The highest BCUT2D eigenvalue weighted by molar-refractivity contribution is 7.89. The Bertz CT molecular complexity index is 666. The zero-order chi connectivity index (χ0) is 18.2. The van der Waals surface area contributed by atoms with Gasteiger partial charge in [-0.05, 0) is 37.1 Å². The van der Waals surface area contributed by atoms with Gasteiger partial charge in [0.25, 0.3) is 0 Å². The molecule has 136 valence electrons. The van der Waals surface area contributed by atoms with E-state index in [1.807, 2.05) is 4.72 Å². The smallest absolute Gasteiger partial charge is 0.207 e. The summed E-state index contributed by atoms with van der Waals surface area (Å²) in [6, 6.07) is 1.31. The number of rotatable bonds is 3. The molecule has 0 amide bonds. The van der Waals surface area contributed by atoms with Crippen LogP contribution in [-0.2, 0) is 16.2 Å². The molecule has 1 aromatic carbocycles. The molecule has 1 saturated carbocycles. The van der Waals surface area contributed by atoms with Gasteiger partial charge in [0.15, 0.2) is 0 Å². The maximum atomic E-state index is 13.0. The summed E-state index contributed by atoms with van der Waals surface area (Å²) in [4.78, 5) is -0.498. The molecule has 0 bridgehead atoms. The van der Waals surface area contributed by atoms with Crippen LogP contribution in [0, 0.1) is 5.92 Å². The summed E-state index contributed by atoms with van der Waals surface area (Å²) < 4.78 is 103.